The van der Waals surface area contributed by atoms with Gasteiger partial charge in [-0.3, -0.25) is 14.6 Å². The topological polar surface area (TPSA) is 115 Å². The molecule has 7 heteroatoms. The second kappa shape index (κ2) is 5.44. The molecule has 0 spiro atoms. The fourth-order valence-corrected chi connectivity index (χ4v) is 1.18. The first-order valence-electron chi connectivity index (χ1n) is 5.19. The molecule has 2 atom stereocenters. The number of aromatic amines is 2. The van der Waals surface area contributed by atoms with Gasteiger partial charge in [0.1, 0.15) is 5.69 Å². The predicted molar refractivity (Wildman–Crippen MR) is 60.9 cm³/mol. The van der Waals surface area contributed by atoms with Gasteiger partial charge >= 0.3 is 5.69 Å². The molecule has 0 radical (unpaired) electrons. The van der Waals surface area contributed by atoms with Gasteiger partial charge in [0.05, 0.1) is 0 Å². The van der Waals surface area contributed by atoms with E-state index >= 15 is 0 Å². The highest BCUT2D eigenvalue weighted by Gasteiger charge is 2.15. The van der Waals surface area contributed by atoms with Gasteiger partial charge in [-0.15, -0.1) is 0 Å². The molecule has 0 saturated carbocycles. The molecule has 1 heterocycles. The Hall–Kier alpha value is -1.89. The SMILES string of the molecule is CC(CO)C(C)NC(=O)c1cc(=O)[nH]c(=O)[nH]1. The van der Waals surface area contributed by atoms with E-state index in [1.54, 1.807) is 13.8 Å². The minimum absolute atomic E-state index is 0.0622. The van der Waals surface area contributed by atoms with E-state index in [0.29, 0.717) is 0 Å². The summed E-state index contributed by atoms with van der Waals surface area (Å²) in [5.41, 5.74) is -1.47. The van der Waals surface area contributed by atoms with Crippen molar-refractivity contribution in [3.8, 4) is 0 Å². The van der Waals surface area contributed by atoms with E-state index in [4.69, 9.17) is 5.11 Å². The number of carbonyl (C=O) groups excluding carboxylic acids is 1. The quantitative estimate of drug-likeness (QED) is 0.530. The Labute approximate surface area is 96.9 Å². The molecule has 0 aliphatic rings. The van der Waals surface area contributed by atoms with Crippen molar-refractivity contribution in [2.24, 2.45) is 5.92 Å². The van der Waals surface area contributed by atoms with E-state index in [-0.39, 0.29) is 24.3 Å². The molecule has 0 fully saturated rings. The molecule has 17 heavy (non-hydrogen) atoms. The molecule has 0 saturated heterocycles. The second-order valence-corrected chi connectivity index (χ2v) is 3.92. The normalized spacial score (nSPS) is 14.1. The van der Waals surface area contributed by atoms with E-state index in [9.17, 15) is 14.4 Å². The number of hydrogen-bond acceptors (Lipinski definition) is 4. The Morgan fingerprint density at radius 1 is 1.41 bits per heavy atom. The lowest BCUT2D eigenvalue weighted by atomic mass is 10.1. The van der Waals surface area contributed by atoms with E-state index in [2.05, 4.69) is 10.3 Å². The number of aliphatic hydroxyl groups is 1. The van der Waals surface area contributed by atoms with Crippen molar-refractivity contribution in [3.05, 3.63) is 32.6 Å². The molecule has 4 N–H and O–H groups in total. The van der Waals surface area contributed by atoms with Crippen molar-refractivity contribution >= 4 is 5.91 Å². The predicted octanol–water partition coefficient (Wildman–Crippen LogP) is -1.19. The molecule has 2 unspecified atom stereocenters. The van der Waals surface area contributed by atoms with Crippen LogP contribution < -0.4 is 16.6 Å². The van der Waals surface area contributed by atoms with Crippen LogP contribution in [0.1, 0.15) is 24.3 Å². The molecule has 1 aromatic rings. The van der Waals surface area contributed by atoms with Crippen LogP contribution in [0.2, 0.25) is 0 Å². The first-order chi connectivity index (χ1) is 7.93. The highest BCUT2D eigenvalue weighted by Crippen LogP contribution is 2.01. The maximum absolute atomic E-state index is 11.7. The minimum Gasteiger partial charge on any atom is -0.396 e. The van der Waals surface area contributed by atoms with Crippen LogP contribution in [-0.4, -0.2) is 33.6 Å². The van der Waals surface area contributed by atoms with E-state index < -0.39 is 17.2 Å². The van der Waals surface area contributed by atoms with Crippen LogP contribution in [-0.2, 0) is 0 Å². The lowest BCUT2D eigenvalue weighted by molar-refractivity contribution is 0.0910. The van der Waals surface area contributed by atoms with Gasteiger partial charge in [-0.25, -0.2) is 4.79 Å². The van der Waals surface area contributed by atoms with Gasteiger partial charge in [0.2, 0.25) is 0 Å². The van der Waals surface area contributed by atoms with Crippen LogP contribution in [0.5, 0.6) is 0 Å². The monoisotopic (exact) mass is 241 g/mol. The summed E-state index contributed by atoms with van der Waals surface area (Å²) in [5.74, 6) is -0.673. The first-order valence-corrected chi connectivity index (χ1v) is 5.19. The number of rotatable bonds is 4. The molecule has 0 aromatic carbocycles. The van der Waals surface area contributed by atoms with Crippen molar-refractivity contribution in [2.45, 2.75) is 19.9 Å². The average molecular weight is 241 g/mol. The molecular formula is C10H15N3O4. The molecular weight excluding hydrogens is 226 g/mol. The first kappa shape index (κ1) is 13.2. The van der Waals surface area contributed by atoms with Crippen LogP contribution in [0, 0.1) is 5.92 Å². The smallest absolute Gasteiger partial charge is 0.326 e. The van der Waals surface area contributed by atoms with Crippen LogP contribution in [0.4, 0.5) is 0 Å². The lowest BCUT2D eigenvalue weighted by Gasteiger charge is -2.18. The molecule has 0 bridgehead atoms. The van der Waals surface area contributed by atoms with Gasteiger partial charge in [0.25, 0.3) is 11.5 Å². The van der Waals surface area contributed by atoms with Gasteiger partial charge < -0.3 is 15.4 Å². The summed E-state index contributed by atoms with van der Waals surface area (Å²) in [7, 11) is 0. The minimum atomic E-state index is -0.731. The van der Waals surface area contributed by atoms with Crippen LogP contribution in [0.3, 0.4) is 0 Å². The van der Waals surface area contributed by atoms with Gasteiger partial charge in [-0.1, -0.05) is 6.92 Å². The number of hydrogen-bond donors (Lipinski definition) is 4. The average Bonchev–Trinajstić information content (AvgIpc) is 2.26. The molecule has 0 aliphatic heterocycles. The summed E-state index contributed by atoms with van der Waals surface area (Å²) < 4.78 is 0. The number of amides is 1. The van der Waals surface area contributed by atoms with Crippen molar-refractivity contribution in [1.82, 2.24) is 15.3 Å². The van der Waals surface area contributed by atoms with E-state index in [1.165, 1.54) is 0 Å². The third-order valence-electron chi connectivity index (χ3n) is 2.51. The third-order valence-corrected chi connectivity index (χ3v) is 2.51. The zero-order valence-corrected chi connectivity index (χ0v) is 9.61. The number of nitrogens with one attached hydrogen (secondary N) is 3. The summed E-state index contributed by atoms with van der Waals surface area (Å²) >= 11 is 0. The zero-order chi connectivity index (χ0) is 13.0. The molecule has 1 aromatic heterocycles. The van der Waals surface area contributed by atoms with E-state index in [1.807, 2.05) is 4.98 Å². The standard InChI is InChI=1S/C10H15N3O4/c1-5(4-14)6(2)11-9(16)7-3-8(15)13-10(17)12-7/h3,5-6,14H,4H2,1-2H3,(H,11,16)(H2,12,13,15,17). The van der Waals surface area contributed by atoms with Crippen LogP contribution in [0.25, 0.3) is 0 Å². The summed E-state index contributed by atoms with van der Waals surface area (Å²) in [5, 5.41) is 11.5. The Kier molecular flexibility index (Phi) is 4.22. The lowest BCUT2D eigenvalue weighted by Crippen LogP contribution is -2.40. The largest absolute Gasteiger partial charge is 0.396 e. The maximum atomic E-state index is 11.7. The summed E-state index contributed by atoms with van der Waals surface area (Å²) in [6.45, 7) is 3.43. The fraction of sp³-hybridized carbons (Fsp3) is 0.500. The maximum Gasteiger partial charge on any atom is 0.326 e. The summed E-state index contributed by atoms with van der Waals surface area (Å²) in [4.78, 5) is 37.8. The number of aromatic nitrogens is 2. The van der Waals surface area contributed by atoms with Gasteiger partial charge in [0, 0.05) is 18.7 Å². The Morgan fingerprint density at radius 3 is 2.59 bits per heavy atom. The van der Waals surface area contributed by atoms with Crippen molar-refractivity contribution < 1.29 is 9.90 Å². The molecule has 94 valence electrons. The van der Waals surface area contributed by atoms with Crippen molar-refractivity contribution in [1.29, 1.82) is 0 Å². The van der Waals surface area contributed by atoms with Gasteiger partial charge in [-0.2, -0.15) is 0 Å². The fourth-order valence-electron chi connectivity index (χ4n) is 1.18. The Balaban J connectivity index is 2.83. The number of aliphatic hydroxyl groups excluding tert-OH is 1. The zero-order valence-electron chi connectivity index (χ0n) is 9.61. The molecule has 1 amide bonds. The summed E-state index contributed by atoms with van der Waals surface area (Å²) in [6, 6.07) is 0.739. The van der Waals surface area contributed by atoms with Gasteiger partial charge in [0.15, 0.2) is 0 Å². The molecule has 1 rings (SSSR count). The Morgan fingerprint density at radius 2 is 2.06 bits per heavy atom. The molecule has 0 aliphatic carbocycles. The number of H-pyrrole nitrogens is 2. The highest BCUT2D eigenvalue weighted by atomic mass is 16.3. The number of carbonyl (C=O) groups is 1. The third kappa shape index (κ3) is 3.56. The summed E-state index contributed by atoms with van der Waals surface area (Å²) in [6.07, 6.45) is 0. The Bertz CT molecular complexity index is 477. The second-order valence-electron chi connectivity index (χ2n) is 3.92. The van der Waals surface area contributed by atoms with Crippen LogP contribution >= 0.6 is 0 Å². The van der Waals surface area contributed by atoms with Crippen molar-refractivity contribution in [3.63, 3.8) is 0 Å². The van der Waals surface area contributed by atoms with Crippen LogP contribution in [0.15, 0.2) is 15.7 Å². The van der Waals surface area contributed by atoms with Crippen molar-refractivity contribution in [2.75, 3.05) is 6.61 Å². The van der Waals surface area contributed by atoms with E-state index in [0.717, 1.165) is 6.07 Å². The molecule has 7 nitrogen and oxygen atoms in total. The highest BCUT2D eigenvalue weighted by molar-refractivity contribution is 5.92. The van der Waals surface area contributed by atoms with Gasteiger partial charge in [-0.05, 0) is 12.8 Å².